The van der Waals surface area contributed by atoms with Gasteiger partial charge in [-0.2, -0.15) is 13.2 Å². The molecule has 0 aliphatic carbocycles. The molecule has 10 heteroatoms. The zero-order chi connectivity index (χ0) is 22.1. The summed E-state index contributed by atoms with van der Waals surface area (Å²) in [6.07, 6.45) is -2.50. The Balaban J connectivity index is 0.00000363. The molecule has 1 aliphatic rings. The van der Waals surface area contributed by atoms with Gasteiger partial charge in [0.15, 0.2) is 5.96 Å². The van der Waals surface area contributed by atoms with Gasteiger partial charge in [-0.05, 0) is 30.2 Å². The number of aromatic nitrogens is 1. The van der Waals surface area contributed by atoms with Crippen molar-refractivity contribution in [2.75, 3.05) is 44.2 Å². The number of halogens is 4. The summed E-state index contributed by atoms with van der Waals surface area (Å²) < 4.78 is 41.2. The number of aliphatic imine (C=N–C) groups is 1. The Bertz CT molecular complexity index is 826. The van der Waals surface area contributed by atoms with Gasteiger partial charge in [0, 0.05) is 38.9 Å². The van der Waals surface area contributed by atoms with Crippen molar-refractivity contribution in [2.24, 2.45) is 4.99 Å². The van der Waals surface area contributed by atoms with E-state index >= 15 is 0 Å². The number of benzene rings is 1. The summed E-state index contributed by atoms with van der Waals surface area (Å²) in [4.78, 5) is 13.7. The van der Waals surface area contributed by atoms with Crippen LogP contribution in [-0.4, -0.2) is 61.4 Å². The van der Waals surface area contributed by atoms with Crippen molar-refractivity contribution in [1.29, 1.82) is 0 Å². The third-order valence-corrected chi connectivity index (χ3v) is 4.86. The number of nitrogens with one attached hydrogen (secondary N) is 1. The summed E-state index contributed by atoms with van der Waals surface area (Å²) in [7, 11) is 0. The highest BCUT2D eigenvalue weighted by Gasteiger charge is 2.27. The van der Waals surface area contributed by atoms with Crippen LogP contribution < -0.4 is 10.2 Å². The lowest BCUT2D eigenvalue weighted by Gasteiger charge is -2.37. The van der Waals surface area contributed by atoms with E-state index in [9.17, 15) is 13.2 Å². The largest absolute Gasteiger partial charge is 0.411 e. The normalized spacial score (nSPS) is 14.8. The lowest BCUT2D eigenvalue weighted by molar-refractivity contribution is -0.176. The SMILES string of the molecule is CCNC(=NCc1ccc(COCC(F)(F)F)cc1)N1CCN(c2ccccn2)CC1.I. The average Bonchev–Trinajstić information content (AvgIpc) is 2.77. The fourth-order valence-electron chi connectivity index (χ4n) is 3.31. The van der Waals surface area contributed by atoms with Crippen LogP contribution in [0.4, 0.5) is 19.0 Å². The molecule has 2 heterocycles. The Hall–Kier alpha value is -2.08. The molecule has 0 spiro atoms. The minimum absolute atomic E-state index is 0. The molecule has 3 rings (SSSR count). The van der Waals surface area contributed by atoms with Crippen LogP contribution >= 0.6 is 24.0 Å². The van der Waals surface area contributed by atoms with Crippen LogP contribution in [0.2, 0.25) is 0 Å². The van der Waals surface area contributed by atoms with Crippen molar-refractivity contribution >= 4 is 35.8 Å². The Labute approximate surface area is 203 Å². The van der Waals surface area contributed by atoms with Crippen molar-refractivity contribution in [3.05, 3.63) is 59.8 Å². The van der Waals surface area contributed by atoms with Crippen molar-refractivity contribution in [3.8, 4) is 0 Å². The maximum absolute atomic E-state index is 12.2. The van der Waals surface area contributed by atoms with Crippen molar-refractivity contribution in [3.63, 3.8) is 0 Å². The van der Waals surface area contributed by atoms with Gasteiger partial charge in [0.25, 0.3) is 0 Å². The lowest BCUT2D eigenvalue weighted by Crippen LogP contribution is -2.52. The second kappa shape index (κ2) is 12.8. The first-order valence-corrected chi connectivity index (χ1v) is 10.4. The van der Waals surface area contributed by atoms with Crippen LogP contribution in [0.5, 0.6) is 0 Å². The monoisotopic (exact) mass is 563 g/mol. The number of guanidine groups is 1. The molecule has 0 unspecified atom stereocenters. The number of anilines is 1. The van der Waals surface area contributed by atoms with Gasteiger partial charge >= 0.3 is 6.18 Å². The van der Waals surface area contributed by atoms with E-state index in [2.05, 4.69) is 20.1 Å². The van der Waals surface area contributed by atoms with Crippen LogP contribution in [0.25, 0.3) is 0 Å². The van der Waals surface area contributed by atoms with Gasteiger partial charge < -0.3 is 19.9 Å². The Morgan fingerprint density at radius 2 is 1.75 bits per heavy atom. The van der Waals surface area contributed by atoms with E-state index in [1.807, 2.05) is 37.3 Å². The van der Waals surface area contributed by atoms with Crippen molar-refractivity contribution < 1.29 is 17.9 Å². The number of rotatable bonds is 7. The van der Waals surface area contributed by atoms with Gasteiger partial charge in [0.05, 0.1) is 13.2 Å². The van der Waals surface area contributed by atoms with Crippen LogP contribution in [0, 0.1) is 0 Å². The first kappa shape index (κ1) is 26.2. The van der Waals surface area contributed by atoms with Crippen molar-refractivity contribution in [2.45, 2.75) is 26.3 Å². The van der Waals surface area contributed by atoms with Crippen LogP contribution in [-0.2, 0) is 17.9 Å². The number of hydrogen-bond acceptors (Lipinski definition) is 4. The number of piperazine rings is 1. The minimum Gasteiger partial charge on any atom is -0.367 e. The zero-order valence-electron chi connectivity index (χ0n) is 18.0. The molecule has 176 valence electrons. The predicted octanol–water partition coefficient (Wildman–Crippen LogP) is 4.07. The van der Waals surface area contributed by atoms with Gasteiger partial charge in [-0.25, -0.2) is 9.98 Å². The zero-order valence-corrected chi connectivity index (χ0v) is 20.3. The summed E-state index contributed by atoms with van der Waals surface area (Å²) in [5, 5.41) is 3.35. The highest BCUT2D eigenvalue weighted by Crippen LogP contribution is 2.16. The van der Waals surface area contributed by atoms with E-state index in [0.717, 1.165) is 50.1 Å². The second-order valence-corrected chi connectivity index (χ2v) is 7.26. The predicted molar refractivity (Wildman–Crippen MR) is 130 cm³/mol. The molecule has 0 saturated carbocycles. The van der Waals surface area contributed by atoms with E-state index in [1.165, 1.54) is 0 Å². The van der Waals surface area contributed by atoms with Crippen LogP contribution in [0.3, 0.4) is 0 Å². The first-order valence-electron chi connectivity index (χ1n) is 10.4. The van der Waals surface area contributed by atoms with Gasteiger partial charge in [-0.3, -0.25) is 0 Å². The summed E-state index contributed by atoms with van der Waals surface area (Å²) in [6, 6.07) is 13.2. The number of alkyl halides is 3. The standard InChI is InChI=1S/C22H28F3N5O.HI/c1-2-26-21(30-13-11-29(12-14-30)20-5-3-4-10-27-20)28-15-18-6-8-19(9-7-18)16-31-17-22(23,24)25;/h3-10H,2,11-17H2,1H3,(H,26,28);1H. The Morgan fingerprint density at radius 3 is 2.34 bits per heavy atom. The molecule has 1 fully saturated rings. The third-order valence-electron chi connectivity index (χ3n) is 4.86. The quantitative estimate of drug-likeness (QED) is 0.313. The molecule has 1 aromatic carbocycles. The number of pyridine rings is 1. The van der Waals surface area contributed by atoms with Gasteiger partial charge in [0.1, 0.15) is 12.4 Å². The summed E-state index contributed by atoms with van der Waals surface area (Å²) in [5.41, 5.74) is 1.69. The average molecular weight is 563 g/mol. The molecule has 1 N–H and O–H groups in total. The van der Waals surface area contributed by atoms with E-state index in [-0.39, 0.29) is 30.6 Å². The number of ether oxygens (including phenoxy) is 1. The molecule has 0 atom stereocenters. The molecule has 1 saturated heterocycles. The van der Waals surface area contributed by atoms with Gasteiger partial charge in [-0.15, -0.1) is 24.0 Å². The molecule has 32 heavy (non-hydrogen) atoms. The van der Waals surface area contributed by atoms with Crippen LogP contribution in [0.1, 0.15) is 18.1 Å². The minimum atomic E-state index is -4.31. The maximum atomic E-state index is 12.2. The molecular formula is C22H29F3IN5O. The topological polar surface area (TPSA) is 53.0 Å². The molecule has 0 radical (unpaired) electrons. The van der Waals surface area contributed by atoms with Gasteiger partial charge in [0.2, 0.25) is 0 Å². The lowest BCUT2D eigenvalue weighted by atomic mass is 10.1. The van der Waals surface area contributed by atoms with E-state index < -0.39 is 12.8 Å². The second-order valence-electron chi connectivity index (χ2n) is 7.26. The smallest absolute Gasteiger partial charge is 0.367 e. The molecule has 1 aliphatic heterocycles. The highest BCUT2D eigenvalue weighted by molar-refractivity contribution is 14.0. The van der Waals surface area contributed by atoms with E-state index in [0.29, 0.717) is 12.1 Å². The summed E-state index contributed by atoms with van der Waals surface area (Å²) in [5.74, 6) is 1.85. The molecule has 0 amide bonds. The van der Waals surface area contributed by atoms with Crippen molar-refractivity contribution in [1.82, 2.24) is 15.2 Å². The molecule has 6 nitrogen and oxygen atoms in total. The first-order chi connectivity index (χ1) is 14.9. The highest BCUT2D eigenvalue weighted by atomic mass is 127. The van der Waals surface area contributed by atoms with Gasteiger partial charge in [-0.1, -0.05) is 30.3 Å². The van der Waals surface area contributed by atoms with Crippen LogP contribution in [0.15, 0.2) is 53.7 Å². The molecule has 0 bridgehead atoms. The molecule has 2 aromatic rings. The Kier molecular flexibility index (Phi) is 10.5. The fourth-order valence-corrected chi connectivity index (χ4v) is 3.31. The van der Waals surface area contributed by atoms with E-state index in [4.69, 9.17) is 9.73 Å². The maximum Gasteiger partial charge on any atom is 0.411 e. The summed E-state index contributed by atoms with van der Waals surface area (Å²) in [6.45, 7) is 5.43. The number of hydrogen-bond donors (Lipinski definition) is 1. The number of nitrogens with zero attached hydrogens (tertiary/aromatic N) is 4. The third kappa shape index (κ3) is 8.45. The van der Waals surface area contributed by atoms with E-state index in [1.54, 1.807) is 18.3 Å². The summed E-state index contributed by atoms with van der Waals surface area (Å²) >= 11 is 0. The fraction of sp³-hybridized carbons (Fsp3) is 0.455. The molecule has 1 aromatic heterocycles. The molecular weight excluding hydrogens is 534 g/mol. The Morgan fingerprint density at radius 1 is 1.06 bits per heavy atom.